The van der Waals surface area contributed by atoms with E-state index in [1.54, 1.807) is 12.1 Å². The predicted octanol–water partition coefficient (Wildman–Crippen LogP) is 4.01. The van der Waals surface area contributed by atoms with Gasteiger partial charge in [0.1, 0.15) is 5.82 Å². The Balaban J connectivity index is 1.59. The molecule has 0 aliphatic carbocycles. The molecule has 2 heterocycles. The molecule has 0 atom stereocenters. The number of ether oxygens (including phenoxy) is 1. The number of aryl methyl sites for hydroxylation is 1. The summed E-state index contributed by atoms with van der Waals surface area (Å²) < 4.78 is 4.72. The summed E-state index contributed by atoms with van der Waals surface area (Å²) in [6, 6.07) is 17.4. The minimum absolute atomic E-state index is 0.358. The smallest absolute Gasteiger partial charge is 0.337 e. The summed E-state index contributed by atoms with van der Waals surface area (Å²) in [5, 5.41) is 3.22. The number of rotatable bonds is 4. The molecule has 1 aliphatic heterocycles. The Labute approximate surface area is 157 Å². The summed E-state index contributed by atoms with van der Waals surface area (Å²) in [5.41, 5.74) is 4.73. The lowest BCUT2D eigenvalue weighted by atomic mass is 10.2. The molecule has 6 nitrogen and oxygen atoms in total. The maximum Gasteiger partial charge on any atom is 0.337 e. The fourth-order valence-electron chi connectivity index (χ4n) is 3.26. The van der Waals surface area contributed by atoms with E-state index in [2.05, 4.69) is 33.4 Å². The number of nitrogens with zero attached hydrogens (tertiary/aromatic N) is 3. The van der Waals surface area contributed by atoms with Crippen molar-refractivity contribution in [3.05, 3.63) is 71.4 Å². The number of fused-ring (bicyclic) bond motifs is 1. The number of para-hydroxylation sites is 1. The maximum atomic E-state index is 11.5. The highest BCUT2D eigenvalue weighted by atomic mass is 16.5. The molecule has 0 bridgehead atoms. The van der Waals surface area contributed by atoms with E-state index in [1.165, 1.54) is 18.4 Å². The van der Waals surface area contributed by atoms with E-state index in [1.807, 2.05) is 31.2 Å². The Morgan fingerprint density at radius 1 is 1.11 bits per heavy atom. The molecule has 3 aromatic rings. The summed E-state index contributed by atoms with van der Waals surface area (Å²) in [6.45, 7) is 2.86. The highest BCUT2D eigenvalue weighted by molar-refractivity contribution is 5.89. The third kappa shape index (κ3) is 3.46. The van der Waals surface area contributed by atoms with E-state index < -0.39 is 0 Å². The molecule has 0 amide bonds. The minimum Gasteiger partial charge on any atom is -0.465 e. The van der Waals surface area contributed by atoms with Gasteiger partial charge in [-0.3, -0.25) is 0 Å². The van der Waals surface area contributed by atoms with Crippen LogP contribution in [0.3, 0.4) is 0 Å². The Morgan fingerprint density at radius 3 is 2.67 bits per heavy atom. The summed E-state index contributed by atoms with van der Waals surface area (Å²) in [7, 11) is 1.37. The van der Waals surface area contributed by atoms with Gasteiger partial charge in [-0.05, 0) is 49.2 Å². The van der Waals surface area contributed by atoms with Gasteiger partial charge in [0.2, 0.25) is 5.95 Å². The Kier molecular flexibility index (Phi) is 4.46. The van der Waals surface area contributed by atoms with Crippen LogP contribution in [0.5, 0.6) is 0 Å². The number of nitrogens with one attached hydrogen (secondary N) is 1. The Bertz CT molecular complexity index is 986. The number of carbonyl (C=O) groups excluding carboxylic acids is 1. The van der Waals surface area contributed by atoms with Crippen molar-refractivity contribution in [2.24, 2.45) is 0 Å². The molecule has 6 heteroatoms. The van der Waals surface area contributed by atoms with Crippen LogP contribution in [0.25, 0.3) is 0 Å². The molecule has 0 radical (unpaired) electrons. The van der Waals surface area contributed by atoms with E-state index in [0.717, 1.165) is 30.2 Å². The van der Waals surface area contributed by atoms with E-state index in [4.69, 9.17) is 9.72 Å². The zero-order valence-electron chi connectivity index (χ0n) is 15.3. The average Bonchev–Trinajstić information content (AvgIpc) is 3.12. The van der Waals surface area contributed by atoms with Gasteiger partial charge in [-0.1, -0.05) is 18.2 Å². The van der Waals surface area contributed by atoms with Crippen LogP contribution < -0.4 is 10.2 Å². The molecular weight excluding hydrogens is 340 g/mol. The summed E-state index contributed by atoms with van der Waals surface area (Å²) in [6.07, 6.45) is 1.01. The minimum atomic E-state index is -0.358. The summed E-state index contributed by atoms with van der Waals surface area (Å²) >= 11 is 0. The second kappa shape index (κ2) is 7.07. The fourth-order valence-corrected chi connectivity index (χ4v) is 3.26. The van der Waals surface area contributed by atoms with Crippen LogP contribution in [-0.4, -0.2) is 29.6 Å². The van der Waals surface area contributed by atoms with Crippen LogP contribution in [0.15, 0.2) is 54.6 Å². The molecule has 0 spiro atoms. The quantitative estimate of drug-likeness (QED) is 0.709. The van der Waals surface area contributed by atoms with Crippen molar-refractivity contribution in [2.75, 3.05) is 23.9 Å². The predicted molar refractivity (Wildman–Crippen MR) is 105 cm³/mol. The molecule has 136 valence electrons. The average molecular weight is 360 g/mol. The Hall–Kier alpha value is -3.41. The lowest BCUT2D eigenvalue weighted by molar-refractivity contribution is 0.0601. The van der Waals surface area contributed by atoms with Crippen molar-refractivity contribution < 1.29 is 9.53 Å². The second-order valence-electron chi connectivity index (χ2n) is 6.42. The van der Waals surface area contributed by atoms with Gasteiger partial charge in [-0.2, -0.15) is 4.98 Å². The van der Waals surface area contributed by atoms with Gasteiger partial charge in [-0.25, -0.2) is 9.78 Å². The van der Waals surface area contributed by atoms with Crippen molar-refractivity contribution in [2.45, 2.75) is 13.3 Å². The van der Waals surface area contributed by atoms with Crippen LogP contribution in [0.2, 0.25) is 0 Å². The van der Waals surface area contributed by atoms with Crippen molar-refractivity contribution in [1.82, 2.24) is 9.97 Å². The molecule has 1 aliphatic rings. The van der Waals surface area contributed by atoms with Crippen LogP contribution in [0, 0.1) is 6.92 Å². The van der Waals surface area contributed by atoms with Crippen molar-refractivity contribution in [3.8, 4) is 0 Å². The molecule has 1 N–H and O–H groups in total. The molecule has 0 saturated heterocycles. The zero-order valence-corrected chi connectivity index (χ0v) is 15.3. The summed E-state index contributed by atoms with van der Waals surface area (Å²) in [4.78, 5) is 23.0. The molecule has 0 fully saturated rings. The first-order valence-electron chi connectivity index (χ1n) is 8.80. The molecule has 0 saturated carbocycles. The van der Waals surface area contributed by atoms with Crippen LogP contribution >= 0.6 is 0 Å². The van der Waals surface area contributed by atoms with Gasteiger partial charge in [-0.15, -0.1) is 0 Å². The van der Waals surface area contributed by atoms with Gasteiger partial charge in [0, 0.05) is 29.7 Å². The number of methoxy groups -OCH3 is 1. The van der Waals surface area contributed by atoms with Gasteiger partial charge < -0.3 is 15.0 Å². The van der Waals surface area contributed by atoms with E-state index in [0.29, 0.717) is 11.5 Å². The third-order valence-electron chi connectivity index (χ3n) is 4.57. The number of hydrogen-bond acceptors (Lipinski definition) is 6. The lowest BCUT2D eigenvalue weighted by Crippen LogP contribution is -2.16. The fraction of sp³-hybridized carbons (Fsp3) is 0.190. The van der Waals surface area contributed by atoms with E-state index in [-0.39, 0.29) is 5.97 Å². The first-order valence-corrected chi connectivity index (χ1v) is 8.80. The van der Waals surface area contributed by atoms with Crippen LogP contribution in [-0.2, 0) is 11.2 Å². The topological polar surface area (TPSA) is 67.3 Å². The second-order valence-corrected chi connectivity index (χ2v) is 6.42. The molecule has 0 unspecified atom stereocenters. The zero-order chi connectivity index (χ0) is 18.8. The van der Waals surface area contributed by atoms with Gasteiger partial charge >= 0.3 is 5.97 Å². The standard InChI is InChI=1S/C21H20N4O2/c1-14-13-19(25-12-11-15-5-3-4-6-18(15)25)24-21(22-14)23-17-9-7-16(8-10-17)20(26)27-2/h3-10,13H,11-12H2,1-2H3,(H,22,23,24). The van der Waals surface area contributed by atoms with Crippen molar-refractivity contribution >= 4 is 29.1 Å². The number of benzene rings is 2. The normalized spacial score (nSPS) is 12.6. The lowest BCUT2D eigenvalue weighted by Gasteiger charge is -2.19. The van der Waals surface area contributed by atoms with Crippen LogP contribution in [0.1, 0.15) is 21.6 Å². The number of hydrogen-bond donors (Lipinski definition) is 1. The number of anilines is 4. The SMILES string of the molecule is COC(=O)c1ccc(Nc2nc(C)cc(N3CCc4ccccc43)n2)cc1. The number of esters is 1. The van der Waals surface area contributed by atoms with E-state index >= 15 is 0 Å². The van der Waals surface area contributed by atoms with Crippen LogP contribution in [0.4, 0.5) is 23.1 Å². The first kappa shape index (κ1) is 17.0. The monoisotopic (exact) mass is 360 g/mol. The highest BCUT2D eigenvalue weighted by Crippen LogP contribution is 2.33. The van der Waals surface area contributed by atoms with E-state index in [9.17, 15) is 4.79 Å². The third-order valence-corrected chi connectivity index (χ3v) is 4.57. The molecule has 1 aromatic heterocycles. The first-order chi connectivity index (χ1) is 13.1. The molecule has 4 rings (SSSR count). The highest BCUT2D eigenvalue weighted by Gasteiger charge is 2.21. The van der Waals surface area contributed by atoms with Crippen molar-refractivity contribution in [3.63, 3.8) is 0 Å². The summed E-state index contributed by atoms with van der Waals surface area (Å²) in [5.74, 6) is 1.05. The Morgan fingerprint density at radius 2 is 1.89 bits per heavy atom. The van der Waals surface area contributed by atoms with Crippen molar-refractivity contribution in [1.29, 1.82) is 0 Å². The number of aromatic nitrogens is 2. The molecule has 2 aromatic carbocycles. The van der Waals surface area contributed by atoms with Gasteiger partial charge in [0.15, 0.2) is 0 Å². The maximum absolute atomic E-state index is 11.5. The van der Waals surface area contributed by atoms with Gasteiger partial charge in [0.25, 0.3) is 0 Å². The van der Waals surface area contributed by atoms with Gasteiger partial charge in [0.05, 0.1) is 12.7 Å². The number of carbonyl (C=O) groups is 1. The largest absolute Gasteiger partial charge is 0.465 e. The molecular formula is C21H20N4O2. The molecule has 27 heavy (non-hydrogen) atoms.